The quantitative estimate of drug-likeness (QED) is 0.799. The van der Waals surface area contributed by atoms with Gasteiger partial charge in [0.05, 0.1) is 12.1 Å². The zero-order chi connectivity index (χ0) is 17.5. The van der Waals surface area contributed by atoms with Crippen molar-refractivity contribution in [2.45, 2.75) is 32.1 Å². The van der Waals surface area contributed by atoms with Crippen molar-refractivity contribution in [2.75, 3.05) is 0 Å². The Labute approximate surface area is 141 Å². The average molecular weight is 327 g/mol. The van der Waals surface area contributed by atoms with Gasteiger partial charge < -0.3 is 15.2 Å². The molecule has 5 nitrogen and oxygen atoms in total. The van der Waals surface area contributed by atoms with E-state index in [9.17, 15) is 14.7 Å². The minimum atomic E-state index is -1.50. The van der Waals surface area contributed by atoms with E-state index in [0.29, 0.717) is 11.1 Å². The molecule has 0 spiro atoms. The monoisotopic (exact) mass is 327 g/mol. The van der Waals surface area contributed by atoms with E-state index in [1.54, 1.807) is 68.4 Å². The van der Waals surface area contributed by atoms with Crippen LogP contribution in [0.1, 0.15) is 35.8 Å². The van der Waals surface area contributed by atoms with Gasteiger partial charge in [0.25, 0.3) is 5.91 Å². The maximum absolute atomic E-state index is 12.4. The summed E-state index contributed by atoms with van der Waals surface area (Å²) in [6.07, 6.45) is -1.85. The molecular weight excluding hydrogens is 306 g/mol. The van der Waals surface area contributed by atoms with E-state index in [1.165, 1.54) is 0 Å². The molecule has 0 aliphatic rings. The normalized spacial score (nSPS) is 13.2. The summed E-state index contributed by atoms with van der Waals surface area (Å²) in [5.74, 6) is -1.15. The second kappa shape index (κ2) is 8.26. The summed E-state index contributed by atoms with van der Waals surface area (Å²) in [6.45, 7) is 3.40. The lowest BCUT2D eigenvalue weighted by molar-refractivity contribution is -0.159. The predicted molar refractivity (Wildman–Crippen MR) is 90.3 cm³/mol. The second-order valence-electron chi connectivity index (χ2n) is 5.66. The third-order valence-electron chi connectivity index (χ3n) is 3.39. The number of hydrogen-bond donors (Lipinski definition) is 2. The van der Waals surface area contributed by atoms with Crippen molar-refractivity contribution >= 4 is 11.9 Å². The van der Waals surface area contributed by atoms with Gasteiger partial charge in [0, 0.05) is 5.56 Å². The van der Waals surface area contributed by atoms with Crippen LogP contribution in [0.5, 0.6) is 0 Å². The predicted octanol–water partition coefficient (Wildman–Crippen LogP) is 2.47. The van der Waals surface area contributed by atoms with Gasteiger partial charge in [-0.1, -0.05) is 48.5 Å². The molecule has 2 rings (SSSR count). The van der Waals surface area contributed by atoms with Crippen LogP contribution in [0.3, 0.4) is 0 Å². The molecule has 0 unspecified atom stereocenters. The van der Waals surface area contributed by atoms with Crippen molar-refractivity contribution in [3.63, 3.8) is 0 Å². The van der Waals surface area contributed by atoms with Crippen LogP contribution >= 0.6 is 0 Å². The van der Waals surface area contributed by atoms with Crippen molar-refractivity contribution in [3.05, 3.63) is 71.8 Å². The molecule has 0 saturated heterocycles. The fourth-order valence-corrected chi connectivity index (χ4v) is 2.26. The van der Waals surface area contributed by atoms with Gasteiger partial charge in [-0.2, -0.15) is 0 Å². The first-order valence-electron chi connectivity index (χ1n) is 7.78. The summed E-state index contributed by atoms with van der Waals surface area (Å²) < 4.78 is 5.06. The SMILES string of the molecule is CC(C)OC(=O)[C@H](O)[C@@H](NC(=O)c1ccccc1)c1ccccc1. The highest BCUT2D eigenvalue weighted by Gasteiger charge is 2.31. The molecule has 0 aliphatic heterocycles. The summed E-state index contributed by atoms with van der Waals surface area (Å²) in [5.41, 5.74) is 1.07. The number of carbonyl (C=O) groups excluding carboxylic acids is 2. The van der Waals surface area contributed by atoms with E-state index >= 15 is 0 Å². The fourth-order valence-electron chi connectivity index (χ4n) is 2.26. The van der Waals surface area contributed by atoms with Crippen LogP contribution in [0.2, 0.25) is 0 Å². The number of hydrogen-bond acceptors (Lipinski definition) is 4. The van der Waals surface area contributed by atoms with Crippen LogP contribution in [-0.2, 0) is 9.53 Å². The smallest absolute Gasteiger partial charge is 0.337 e. The number of amides is 1. The minimum absolute atomic E-state index is 0.353. The first-order valence-corrected chi connectivity index (χ1v) is 7.78. The molecule has 24 heavy (non-hydrogen) atoms. The summed E-state index contributed by atoms with van der Waals surface area (Å²) >= 11 is 0. The van der Waals surface area contributed by atoms with Crippen LogP contribution in [0.15, 0.2) is 60.7 Å². The van der Waals surface area contributed by atoms with Crippen molar-refractivity contribution in [1.29, 1.82) is 0 Å². The molecule has 0 radical (unpaired) electrons. The van der Waals surface area contributed by atoms with E-state index in [1.807, 2.05) is 6.07 Å². The number of ether oxygens (including phenoxy) is 1. The van der Waals surface area contributed by atoms with Crippen molar-refractivity contribution in [3.8, 4) is 0 Å². The van der Waals surface area contributed by atoms with E-state index in [0.717, 1.165) is 0 Å². The number of nitrogens with one attached hydrogen (secondary N) is 1. The van der Waals surface area contributed by atoms with Gasteiger partial charge >= 0.3 is 5.97 Å². The summed E-state index contributed by atoms with van der Waals surface area (Å²) in [7, 11) is 0. The molecule has 0 aliphatic carbocycles. The first kappa shape index (κ1) is 17.7. The maximum Gasteiger partial charge on any atom is 0.337 e. The molecule has 0 saturated carbocycles. The Hall–Kier alpha value is -2.66. The Bertz CT molecular complexity index is 670. The largest absolute Gasteiger partial charge is 0.461 e. The Morgan fingerprint density at radius 2 is 1.50 bits per heavy atom. The zero-order valence-corrected chi connectivity index (χ0v) is 13.7. The Balaban J connectivity index is 2.23. The van der Waals surface area contributed by atoms with E-state index in [2.05, 4.69) is 5.32 Å². The van der Waals surface area contributed by atoms with Crippen LogP contribution in [0, 0.1) is 0 Å². The highest BCUT2D eigenvalue weighted by Crippen LogP contribution is 2.19. The molecule has 0 heterocycles. The minimum Gasteiger partial charge on any atom is -0.461 e. The fraction of sp³-hybridized carbons (Fsp3) is 0.263. The number of carbonyl (C=O) groups is 2. The van der Waals surface area contributed by atoms with E-state index in [4.69, 9.17) is 4.74 Å². The molecule has 126 valence electrons. The molecular formula is C19H21NO4. The van der Waals surface area contributed by atoms with E-state index < -0.39 is 18.1 Å². The lowest BCUT2D eigenvalue weighted by Crippen LogP contribution is -2.41. The maximum atomic E-state index is 12.4. The number of benzene rings is 2. The lowest BCUT2D eigenvalue weighted by Gasteiger charge is -2.24. The molecule has 0 bridgehead atoms. The topological polar surface area (TPSA) is 75.6 Å². The standard InChI is InChI=1S/C19H21NO4/c1-13(2)24-19(23)17(21)16(14-9-5-3-6-10-14)20-18(22)15-11-7-4-8-12-15/h3-13,16-17,21H,1-2H3,(H,20,22)/t16-,17+/m0/s1. The third kappa shape index (κ3) is 4.67. The van der Waals surface area contributed by atoms with Gasteiger partial charge in [-0.25, -0.2) is 4.79 Å². The average Bonchev–Trinajstić information content (AvgIpc) is 2.59. The highest BCUT2D eigenvalue weighted by molar-refractivity contribution is 5.94. The Kier molecular flexibility index (Phi) is 6.09. The van der Waals surface area contributed by atoms with Gasteiger partial charge in [0.15, 0.2) is 6.10 Å². The number of aliphatic hydroxyl groups is 1. The van der Waals surface area contributed by atoms with Gasteiger partial charge in [0.1, 0.15) is 0 Å². The van der Waals surface area contributed by atoms with E-state index in [-0.39, 0.29) is 12.0 Å². The van der Waals surface area contributed by atoms with Crippen LogP contribution in [0.4, 0.5) is 0 Å². The second-order valence-corrected chi connectivity index (χ2v) is 5.66. The molecule has 2 aromatic rings. The van der Waals surface area contributed by atoms with Crippen molar-refractivity contribution < 1.29 is 19.4 Å². The summed E-state index contributed by atoms with van der Waals surface area (Å²) in [5, 5.41) is 13.1. The molecule has 1 amide bonds. The molecule has 0 aromatic heterocycles. The van der Waals surface area contributed by atoms with Crippen LogP contribution in [-0.4, -0.2) is 29.2 Å². The third-order valence-corrected chi connectivity index (χ3v) is 3.39. The van der Waals surface area contributed by atoms with Gasteiger partial charge in [-0.15, -0.1) is 0 Å². The van der Waals surface area contributed by atoms with Gasteiger partial charge in [-0.05, 0) is 31.5 Å². The Morgan fingerprint density at radius 1 is 0.958 bits per heavy atom. The number of esters is 1. The van der Waals surface area contributed by atoms with Crippen molar-refractivity contribution in [2.24, 2.45) is 0 Å². The lowest BCUT2D eigenvalue weighted by atomic mass is 10.0. The van der Waals surface area contributed by atoms with Gasteiger partial charge in [0.2, 0.25) is 0 Å². The number of rotatable bonds is 6. The zero-order valence-electron chi connectivity index (χ0n) is 13.7. The summed E-state index contributed by atoms with van der Waals surface area (Å²) in [6, 6.07) is 16.6. The van der Waals surface area contributed by atoms with Crippen LogP contribution < -0.4 is 5.32 Å². The molecule has 5 heteroatoms. The summed E-state index contributed by atoms with van der Waals surface area (Å²) in [4.78, 5) is 24.5. The molecule has 2 N–H and O–H groups in total. The van der Waals surface area contributed by atoms with Gasteiger partial charge in [-0.3, -0.25) is 4.79 Å². The highest BCUT2D eigenvalue weighted by atomic mass is 16.6. The van der Waals surface area contributed by atoms with Crippen LogP contribution in [0.25, 0.3) is 0 Å². The first-order chi connectivity index (χ1) is 11.5. The van der Waals surface area contributed by atoms with Crippen molar-refractivity contribution in [1.82, 2.24) is 5.32 Å². The molecule has 2 aromatic carbocycles. The molecule has 2 atom stereocenters. The molecule has 0 fully saturated rings. The number of aliphatic hydroxyl groups excluding tert-OH is 1. The Morgan fingerprint density at radius 3 is 2.04 bits per heavy atom.